The molecule has 0 aromatic carbocycles. The van der Waals surface area contributed by atoms with Gasteiger partial charge in [0.05, 0.1) is 5.70 Å². The molecule has 0 amide bonds. The van der Waals surface area contributed by atoms with Crippen LogP contribution in [-0.4, -0.2) is 18.1 Å². The number of alkyl halides is 2. The summed E-state index contributed by atoms with van der Waals surface area (Å²) in [6, 6.07) is 0. The molecule has 2 aliphatic rings. The van der Waals surface area contributed by atoms with Gasteiger partial charge >= 0.3 is 0 Å². The molecule has 0 spiro atoms. The van der Waals surface area contributed by atoms with Gasteiger partial charge in [-0.05, 0) is 5.92 Å². The van der Waals surface area contributed by atoms with Crippen LogP contribution in [0.4, 0.5) is 8.78 Å². The van der Waals surface area contributed by atoms with Gasteiger partial charge in [0.1, 0.15) is 0 Å². The first-order valence-corrected chi connectivity index (χ1v) is 5.21. The monoisotopic (exact) mass is 217 g/mol. The van der Waals surface area contributed by atoms with Crippen LogP contribution in [0.1, 0.15) is 26.7 Å². The molecule has 0 bridgehead atoms. The van der Waals surface area contributed by atoms with Gasteiger partial charge in [-0.25, -0.2) is 8.78 Å². The third kappa shape index (κ3) is 1.58. The van der Waals surface area contributed by atoms with E-state index in [1.165, 1.54) is 0 Å². The molecule has 86 valence electrons. The first-order valence-electron chi connectivity index (χ1n) is 5.21. The number of hydrogen-bond donors (Lipinski definition) is 2. The summed E-state index contributed by atoms with van der Waals surface area (Å²) in [4.78, 5) is 0. The molecule has 0 aromatic rings. The fourth-order valence-corrected chi connectivity index (χ4v) is 2.44. The number of allylic oxidation sites excluding steroid dienone is 1. The number of nitrogens with zero attached hydrogens (tertiary/aromatic N) is 1. The second-order valence-corrected chi connectivity index (χ2v) is 4.88. The predicted molar refractivity (Wildman–Crippen MR) is 53.6 cm³/mol. The molecule has 3 nitrogen and oxygen atoms in total. The van der Waals surface area contributed by atoms with Crippen LogP contribution in [-0.2, 0) is 0 Å². The summed E-state index contributed by atoms with van der Waals surface area (Å²) < 4.78 is 26.1. The Labute approximate surface area is 88.5 Å². The highest BCUT2D eigenvalue weighted by molar-refractivity contribution is 5.22. The van der Waals surface area contributed by atoms with E-state index in [9.17, 15) is 8.78 Å². The molecular formula is C10H17F2N3. The van der Waals surface area contributed by atoms with Gasteiger partial charge < -0.3 is 10.9 Å². The van der Waals surface area contributed by atoms with E-state index >= 15 is 0 Å². The lowest BCUT2D eigenvalue weighted by atomic mass is 9.58. The molecule has 1 aliphatic carbocycles. The van der Waals surface area contributed by atoms with Gasteiger partial charge in [-0.15, -0.1) is 5.12 Å². The molecule has 1 fully saturated rings. The fourth-order valence-electron chi connectivity index (χ4n) is 2.44. The summed E-state index contributed by atoms with van der Waals surface area (Å²) in [6.45, 7) is 3.99. The number of rotatable bonds is 2. The highest BCUT2D eigenvalue weighted by atomic mass is 19.3. The molecule has 1 saturated carbocycles. The molecule has 2 N–H and O–H groups in total. The average Bonchev–Trinajstić information content (AvgIpc) is 2.46. The maximum atomic E-state index is 13.1. The Bertz CT molecular complexity index is 291. The molecule has 5 heteroatoms. The molecule has 2 rings (SSSR count). The minimum atomic E-state index is -2.49. The normalized spacial score (nSPS) is 28.0. The van der Waals surface area contributed by atoms with E-state index in [1.807, 2.05) is 20.9 Å². The van der Waals surface area contributed by atoms with E-state index in [4.69, 9.17) is 0 Å². The maximum Gasteiger partial charge on any atom is 0.250 e. The van der Waals surface area contributed by atoms with Crippen molar-refractivity contribution in [1.82, 2.24) is 16.0 Å². The van der Waals surface area contributed by atoms with Crippen LogP contribution < -0.4 is 10.9 Å². The third-order valence-electron chi connectivity index (χ3n) is 3.48. The largest absolute Gasteiger partial charge is 0.307 e. The van der Waals surface area contributed by atoms with E-state index in [0.717, 1.165) is 5.70 Å². The highest BCUT2D eigenvalue weighted by Crippen LogP contribution is 2.59. The lowest BCUT2D eigenvalue weighted by molar-refractivity contribution is -0.165. The van der Waals surface area contributed by atoms with E-state index < -0.39 is 5.92 Å². The van der Waals surface area contributed by atoms with E-state index in [1.54, 1.807) is 11.3 Å². The van der Waals surface area contributed by atoms with Gasteiger partial charge in [0.2, 0.25) is 5.92 Å². The van der Waals surface area contributed by atoms with E-state index in [-0.39, 0.29) is 24.2 Å². The number of hydrazine groups is 2. The Balaban J connectivity index is 2.16. The molecule has 1 heterocycles. The van der Waals surface area contributed by atoms with Crippen molar-refractivity contribution in [3.8, 4) is 0 Å². The first-order chi connectivity index (χ1) is 6.86. The summed E-state index contributed by atoms with van der Waals surface area (Å²) in [7, 11) is 1.81. The predicted octanol–water partition coefficient (Wildman–Crippen LogP) is 1.85. The van der Waals surface area contributed by atoms with Crippen molar-refractivity contribution < 1.29 is 8.78 Å². The smallest absolute Gasteiger partial charge is 0.250 e. The minimum Gasteiger partial charge on any atom is -0.307 e. The highest BCUT2D eigenvalue weighted by Gasteiger charge is 2.60. The number of nitrogens with one attached hydrogen (secondary N) is 2. The van der Waals surface area contributed by atoms with E-state index in [2.05, 4.69) is 10.9 Å². The van der Waals surface area contributed by atoms with Crippen molar-refractivity contribution in [2.75, 3.05) is 7.05 Å². The zero-order valence-corrected chi connectivity index (χ0v) is 9.27. The van der Waals surface area contributed by atoms with Crippen molar-refractivity contribution in [3.05, 3.63) is 11.9 Å². The minimum absolute atomic E-state index is 0.0496. The molecular weight excluding hydrogens is 200 g/mol. The van der Waals surface area contributed by atoms with Crippen molar-refractivity contribution in [1.29, 1.82) is 0 Å². The first kappa shape index (κ1) is 10.7. The Morgan fingerprint density at radius 3 is 2.33 bits per heavy atom. The Morgan fingerprint density at radius 2 is 2.00 bits per heavy atom. The average molecular weight is 217 g/mol. The van der Waals surface area contributed by atoms with Crippen LogP contribution in [0.2, 0.25) is 0 Å². The SMILES string of the molecule is CC(C)C1(C2=CNN(C)N2)CC(F)(F)C1. The summed E-state index contributed by atoms with van der Waals surface area (Å²) in [6.07, 6.45) is 1.69. The van der Waals surface area contributed by atoms with Gasteiger partial charge in [-0.2, -0.15) is 0 Å². The Kier molecular flexibility index (Phi) is 2.19. The molecule has 0 aromatic heterocycles. The van der Waals surface area contributed by atoms with Crippen molar-refractivity contribution >= 4 is 0 Å². The van der Waals surface area contributed by atoms with Gasteiger partial charge in [0.15, 0.2) is 0 Å². The van der Waals surface area contributed by atoms with Gasteiger partial charge in [0, 0.05) is 31.5 Å². The van der Waals surface area contributed by atoms with Crippen LogP contribution in [0.5, 0.6) is 0 Å². The zero-order valence-electron chi connectivity index (χ0n) is 9.27. The molecule has 0 unspecified atom stereocenters. The second-order valence-electron chi connectivity index (χ2n) is 4.88. The van der Waals surface area contributed by atoms with Gasteiger partial charge in [-0.1, -0.05) is 13.8 Å². The maximum absolute atomic E-state index is 13.1. The molecule has 15 heavy (non-hydrogen) atoms. The van der Waals surface area contributed by atoms with Crippen LogP contribution in [0.25, 0.3) is 0 Å². The molecule has 1 aliphatic heterocycles. The quantitative estimate of drug-likeness (QED) is 0.739. The van der Waals surface area contributed by atoms with Crippen molar-refractivity contribution in [2.24, 2.45) is 11.3 Å². The summed E-state index contributed by atoms with van der Waals surface area (Å²) in [5.41, 5.74) is 6.50. The lowest BCUT2D eigenvalue weighted by Gasteiger charge is -2.50. The van der Waals surface area contributed by atoms with Gasteiger partial charge in [-0.3, -0.25) is 0 Å². The third-order valence-corrected chi connectivity index (χ3v) is 3.48. The molecule has 0 radical (unpaired) electrons. The lowest BCUT2D eigenvalue weighted by Crippen LogP contribution is -2.53. The second kappa shape index (κ2) is 3.07. The van der Waals surface area contributed by atoms with Crippen LogP contribution >= 0.6 is 0 Å². The van der Waals surface area contributed by atoms with Gasteiger partial charge in [0.25, 0.3) is 0 Å². The number of hydrogen-bond acceptors (Lipinski definition) is 3. The van der Waals surface area contributed by atoms with Crippen molar-refractivity contribution in [2.45, 2.75) is 32.6 Å². The summed E-state index contributed by atoms with van der Waals surface area (Å²) >= 11 is 0. The Hall–Kier alpha value is -0.840. The van der Waals surface area contributed by atoms with Crippen LogP contribution in [0.3, 0.4) is 0 Å². The summed E-state index contributed by atoms with van der Waals surface area (Å²) in [5, 5.41) is 1.68. The topological polar surface area (TPSA) is 27.3 Å². The Morgan fingerprint density at radius 1 is 1.40 bits per heavy atom. The molecule has 0 atom stereocenters. The van der Waals surface area contributed by atoms with E-state index in [0.29, 0.717) is 0 Å². The van der Waals surface area contributed by atoms with Crippen molar-refractivity contribution in [3.63, 3.8) is 0 Å². The number of halogens is 2. The fraction of sp³-hybridized carbons (Fsp3) is 0.800. The zero-order chi connectivity index (χ0) is 11.3. The van der Waals surface area contributed by atoms with Crippen LogP contribution in [0.15, 0.2) is 11.9 Å². The van der Waals surface area contributed by atoms with Crippen LogP contribution in [0, 0.1) is 11.3 Å². The summed E-state index contributed by atoms with van der Waals surface area (Å²) in [5.74, 6) is -2.28. The molecule has 0 saturated heterocycles. The standard InChI is InChI=1S/C10H17F2N3/c1-7(2)9(5-10(11,12)6-9)8-4-13-15(3)14-8/h4,7,13-14H,5-6H2,1-3H3.